The molecule has 1 saturated heterocycles. The number of benzene rings is 1. The Kier molecular flexibility index (Phi) is 6.49. The number of piperazine rings is 1. The molecule has 164 valence electrons. The molecule has 1 aliphatic rings. The molecule has 10 nitrogen and oxygen atoms in total. The monoisotopic (exact) mass is 431 g/mol. The van der Waals surface area contributed by atoms with Gasteiger partial charge < -0.3 is 15.1 Å². The van der Waals surface area contributed by atoms with Crippen LogP contribution in [0.15, 0.2) is 59.9 Å². The lowest BCUT2D eigenvalue weighted by molar-refractivity contribution is 0.254. The molecule has 3 heterocycles. The van der Waals surface area contributed by atoms with E-state index in [1.54, 1.807) is 18.5 Å². The smallest absolute Gasteiger partial charge is 0.326 e. The number of para-hydroxylation sites is 1. The third kappa shape index (κ3) is 5.54. The third-order valence-corrected chi connectivity index (χ3v) is 4.85. The molecule has 3 aromatic rings. The van der Waals surface area contributed by atoms with Crippen LogP contribution in [0, 0.1) is 13.8 Å². The SMILES string of the molecule is Cc1cc(C)nc(/N=C(\NC(=O)Nc2ccccc2)N2CCN(c3ncccn3)CC2)n1. The summed E-state index contributed by atoms with van der Waals surface area (Å²) in [6, 6.07) is 12.6. The lowest BCUT2D eigenvalue weighted by atomic mass is 10.3. The van der Waals surface area contributed by atoms with E-state index in [0.717, 1.165) is 11.4 Å². The van der Waals surface area contributed by atoms with E-state index in [4.69, 9.17) is 0 Å². The fourth-order valence-electron chi connectivity index (χ4n) is 3.39. The van der Waals surface area contributed by atoms with Gasteiger partial charge in [0.1, 0.15) is 0 Å². The van der Waals surface area contributed by atoms with Crippen LogP contribution in [0.2, 0.25) is 0 Å². The Morgan fingerprint density at radius 3 is 2.25 bits per heavy atom. The summed E-state index contributed by atoms with van der Waals surface area (Å²) in [4.78, 5) is 38.8. The molecule has 32 heavy (non-hydrogen) atoms. The summed E-state index contributed by atoms with van der Waals surface area (Å²) < 4.78 is 0. The fraction of sp³-hybridized carbons (Fsp3) is 0.273. The number of hydrogen-bond acceptors (Lipinski definition) is 7. The molecule has 0 saturated carbocycles. The number of carbonyl (C=O) groups excluding carboxylic acids is 1. The minimum absolute atomic E-state index is 0.311. The summed E-state index contributed by atoms with van der Waals surface area (Å²) in [6.07, 6.45) is 3.46. The summed E-state index contributed by atoms with van der Waals surface area (Å²) in [5.74, 6) is 1.40. The zero-order valence-corrected chi connectivity index (χ0v) is 18.1. The molecule has 2 aromatic heterocycles. The fourth-order valence-corrected chi connectivity index (χ4v) is 3.39. The van der Waals surface area contributed by atoms with E-state index in [0.29, 0.717) is 49.7 Å². The van der Waals surface area contributed by atoms with Gasteiger partial charge in [-0.25, -0.2) is 24.7 Å². The van der Waals surface area contributed by atoms with Crippen molar-refractivity contribution in [2.45, 2.75) is 13.8 Å². The van der Waals surface area contributed by atoms with Crippen LogP contribution in [0.3, 0.4) is 0 Å². The number of carbonyl (C=O) groups is 1. The number of aliphatic imine (C=N–C) groups is 1. The van der Waals surface area contributed by atoms with Crippen LogP contribution in [0.4, 0.5) is 22.4 Å². The number of aromatic nitrogens is 4. The molecule has 0 atom stereocenters. The maximum atomic E-state index is 12.7. The second-order valence-corrected chi connectivity index (χ2v) is 7.35. The minimum Gasteiger partial charge on any atom is -0.339 e. The van der Waals surface area contributed by atoms with Crippen molar-refractivity contribution < 1.29 is 4.79 Å². The maximum absolute atomic E-state index is 12.7. The van der Waals surface area contributed by atoms with E-state index in [9.17, 15) is 4.79 Å². The van der Waals surface area contributed by atoms with E-state index in [-0.39, 0.29) is 6.03 Å². The molecular formula is C22H25N9O. The van der Waals surface area contributed by atoms with E-state index in [1.165, 1.54) is 0 Å². The highest BCUT2D eigenvalue weighted by molar-refractivity contribution is 6.03. The molecule has 1 fully saturated rings. The predicted octanol–water partition coefficient (Wildman–Crippen LogP) is 2.51. The van der Waals surface area contributed by atoms with Crippen molar-refractivity contribution in [1.29, 1.82) is 0 Å². The van der Waals surface area contributed by atoms with Crippen molar-refractivity contribution in [2.75, 3.05) is 36.4 Å². The Hall–Kier alpha value is -4.08. The summed E-state index contributed by atoms with van der Waals surface area (Å²) in [6.45, 7) is 6.43. The highest BCUT2D eigenvalue weighted by Crippen LogP contribution is 2.13. The van der Waals surface area contributed by atoms with Gasteiger partial charge in [-0.3, -0.25) is 5.32 Å². The van der Waals surface area contributed by atoms with E-state index < -0.39 is 0 Å². The normalized spacial score (nSPS) is 14.2. The predicted molar refractivity (Wildman–Crippen MR) is 123 cm³/mol. The molecular weight excluding hydrogens is 406 g/mol. The topological polar surface area (TPSA) is 112 Å². The molecule has 4 rings (SSSR count). The Morgan fingerprint density at radius 1 is 0.938 bits per heavy atom. The lowest BCUT2D eigenvalue weighted by Gasteiger charge is -2.36. The zero-order chi connectivity index (χ0) is 22.3. The van der Waals surface area contributed by atoms with Gasteiger partial charge >= 0.3 is 6.03 Å². The Bertz CT molecular complexity index is 1060. The quantitative estimate of drug-likeness (QED) is 0.484. The molecule has 2 N–H and O–H groups in total. The average molecular weight is 432 g/mol. The lowest BCUT2D eigenvalue weighted by Crippen LogP contribution is -2.54. The Labute approximate surface area is 186 Å². The highest BCUT2D eigenvalue weighted by Gasteiger charge is 2.23. The van der Waals surface area contributed by atoms with Crippen LogP contribution in [0.25, 0.3) is 0 Å². The van der Waals surface area contributed by atoms with Gasteiger partial charge in [0, 0.05) is 55.6 Å². The summed E-state index contributed by atoms with van der Waals surface area (Å²) in [7, 11) is 0. The third-order valence-electron chi connectivity index (χ3n) is 4.85. The first kappa shape index (κ1) is 21.2. The van der Waals surface area contributed by atoms with Gasteiger partial charge in [-0.15, -0.1) is 0 Å². The number of aryl methyl sites for hydroxylation is 2. The standard InChI is InChI=1S/C22H25N9O/c1-16-15-17(2)26-19(25-16)28-21(29-22(32)27-18-7-4-3-5-8-18)31-13-11-30(12-14-31)20-23-9-6-10-24-20/h3-10,15H,11-14H2,1-2H3,(H2,25,26,27,28,29,32). The number of urea groups is 1. The zero-order valence-electron chi connectivity index (χ0n) is 18.1. The van der Waals surface area contributed by atoms with E-state index in [1.807, 2.05) is 55.1 Å². The van der Waals surface area contributed by atoms with E-state index in [2.05, 4.69) is 40.5 Å². The van der Waals surface area contributed by atoms with Crippen molar-refractivity contribution in [1.82, 2.24) is 30.2 Å². The maximum Gasteiger partial charge on any atom is 0.326 e. The van der Waals surface area contributed by atoms with Gasteiger partial charge in [-0.2, -0.15) is 4.99 Å². The van der Waals surface area contributed by atoms with Gasteiger partial charge in [0.05, 0.1) is 0 Å². The van der Waals surface area contributed by atoms with E-state index >= 15 is 0 Å². The summed E-state index contributed by atoms with van der Waals surface area (Å²) in [5.41, 5.74) is 2.32. The van der Waals surface area contributed by atoms with Gasteiger partial charge in [-0.1, -0.05) is 18.2 Å². The number of nitrogens with zero attached hydrogens (tertiary/aromatic N) is 7. The summed E-state index contributed by atoms with van der Waals surface area (Å²) in [5, 5.41) is 5.70. The van der Waals surface area contributed by atoms with Gasteiger partial charge in [0.25, 0.3) is 5.95 Å². The summed E-state index contributed by atoms with van der Waals surface area (Å²) >= 11 is 0. The van der Waals surface area contributed by atoms with Crippen LogP contribution in [-0.2, 0) is 0 Å². The molecule has 0 spiro atoms. The number of nitrogens with one attached hydrogen (secondary N) is 2. The van der Waals surface area contributed by atoms with Gasteiger partial charge in [0.2, 0.25) is 11.9 Å². The molecule has 0 aliphatic carbocycles. The number of amides is 2. The number of anilines is 2. The molecule has 0 unspecified atom stereocenters. The molecule has 1 aromatic carbocycles. The second kappa shape index (κ2) is 9.82. The van der Waals surface area contributed by atoms with Crippen molar-refractivity contribution in [2.24, 2.45) is 4.99 Å². The number of hydrogen-bond donors (Lipinski definition) is 2. The van der Waals surface area contributed by atoms with Crippen molar-refractivity contribution in [3.63, 3.8) is 0 Å². The average Bonchev–Trinajstić information content (AvgIpc) is 2.79. The number of guanidine groups is 1. The van der Waals surface area contributed by atoms with Crippen molar-refractivity contribution >= 4 is 29.6 Å². The van der Waals surface area contributed by atoms with Crippen molar-refractivity contribution in [3.05, 3.63) is 66.2 Å². The first-order valence-electron chi connectivity index (χ1n) is 10.4. The minimum atomic E-state index is -0.381. The van der Waals surface area contributed by atoms with Gasteiger partial charge in [0.15, 0.2) is 0 Å². The molecule has 2 amide bonds. The Balaban J connectivity index is 1.52. The van der Waals surface area contributed by atoms with Crippen LogP contribution in [0.1, 0.15) is 11.4 Å². The first-order valence-corrected chi connectivity index (χ1v) is 10.4. The van der Waals surface area contributed by atoms with Crippen LogP contribution in [-0.4, -0.2) is 63.0 Å². The van der Waals surface area contributed by atoms with Gasteiger partial charge in [-0.05, 0) is 38.1 Å². The Morgan fingerprint density at radius 2 is 1.59 bits per heavy atom. The second-order valence-electron chi connectivity index (χ2n) is 7.35. The van der Waals surface area contributed by atoms with Crippen LogP contribution >= 0.6 is 0 Å². The van der Waals surface area contributed by atoms with Crippen molar-refractivity contribution in [3.8, 4) is 0 Å². The number of rotatable bonds is 3. The molecule has 0 bridgehead atoms. The first-order chi connectivity index (χ1) is 15.6. The highest BCUT2D eigenvalue weighted by atomic mass is 16.2. The van der Waals surface area contributed by atoms with Crippen LogP contribution < -0.4 is 15.5 Å². The molecule has 1 aliphatic heterocycles. The largest absolute Gasteiger partial charge is 0.339 e. The molecule has 0 radical (unpaired) electrons. The van der Waals surface area contributed by atoms with Crippen LogP contribution in [0.5, 0.6) is 0 Å². The molecule has 10 heteroatoms.